The predicted molar refractivity (Wildman–Crippen MR) is 67.0 cm³/mol. The lowest BCUT2D eigenvalue weighted by Crippen LogP contribution is -2.61. The zero-order valence-corrected chi connectivity index (χ0v) is 10.5. The average molecular weight is 255 g/mol. The number of hydrogen-bond donors (Lipinski definition) is 3. The van der Waals surface area contributed by atoms with Crippen LogP contribution in [0.3, 0.4) is 0 Å². The van der Waals surface area contributed by atoms with Crippen molar-refractivity contribution in [3.05, 3.63) is 0 Å². The van der Waals surface area contributed by atoms with Gasteiger partial charge in [-0.25, -0.2) is 4.79 Å². The Kier molecular flexibility index (Phi) is 4.51. The van der Waals surface area contributed by atoms with Crippen LogP contribution in [0.25, 0.3) is 0 Å². The van der Waals surface area contributed by atoms with Gasteiger partial charge in [-0.1, -0.05) is 0 Å². The molecule has 102 valence electrons. The number of rotatable bonds is 4. The molecule has 0 spiro atoms. The van der Waals surface area contributed by atoms with Crippen molar-refractivity contribution in [1.82, 2.24) is 20.4 Å². The SMILES string of the molecule is NC(=O)NC(=O)CCN1CCN(C2CNC2)CC1. The Morgan fingerprint density at radius 3 is 2.39 bits per heavy atom. The van der Waals surface area contributed by atoms with E-state index < -0.39 is 6.03 Å². The summed E-state index contributed by atoms with van der Waals surface area (Å²) in [6.07, 6.45) is 0.327. The second-order valence-corrected chi connectivity index (χ2v) is 4.85. The van der Waals surface area contributed by atoms with Crippen LogP contribution in [0, 0.1) is 0 Å². The summed E-state index contributed by atoms with van der Waals surface area (Å²) < 4.78 is 0. The maximum absolute atomic E-state index is 11.3. The Bertz CT molecular complexity index is 311. The molecule has 0 aromatic rings. The van der Waals surface area contributed by atoms with Crippen molar-refractivity contribution < 1.29 is 9.59 Å². The topological polar surface area (TPSA) is 90.7 Å². The Hall–Kier alpha value is -1.18. The molecule has 2 heterocycles. The minimum Gasteiger partial charge on any atom is -0.351 e. The standard InChI is InChI=1S/C11H21N5O2/c12-11(18)14-10(17)1-2-15-3-5-16(6-4-15)9-7-13-8-9/h9,13H,1-8H2,(H3,12,14,17,18). The van der Waals surface area contributed by atoms with Crippen molar-refractivity contribution in [2.24, 2.45) is 5.73 Å². The van der Waals surface area contributed by atoms with E-state index in [0.29, 0.717) is 19.0 Å². The van der Waals surface area contributed by atoms with Gasteiger partial charge in [0.15, 0.2) is 0 Å². The summed E-state index contributed by atoms with van der Waals surface area (Å²) in [7, 11) is 0. The molecule has 0 unspecified atom stereocenters. The lowest BCUT2D eigenvalue weighted by atomic mass is 10.1. The summed E-state index contributed by atoms with van der Waals surface area (Å²) in [5.74, 6) is -0.298. The van der Waals surface area contributed by atoms with Gasteiger partial charge in [-0.05, 0) is 0 Å². The summed E-state index contributed by atoms with van der Waals surface area (Å²) in [6, 6.07) is -0.0763. The van der Waals surface area contributed by atoms with Crippen LogP contribution in [0.2, 0.25) is 0 Å². The van der Waals surface area contributed by atoms with E-state index in [1.54, 1.807) is 0 Å². The van der Waals surface area contributed by atoms with Crippen LogP contribution in [-0.2, 0) is 4.79 Å². The first-order valence-electron chi connectivity index (χ1n) is 6.41. The zero-order chi connectivity index (χ0) is 13.0. The molecule has 7 nitrogen and oxygen atoms in total. The molecule has 3 amide bonds. The highest BCUT2D eigenvalue weighted by molar-refractivity contribution is 5.93. The van der Waals surface area contributed by atoms with Gasteiger partial charge in [-0.2, -0.15) is 0 Å². The third-order valence-electron chi connectivity index (χ3n) is 3.60. The molecular formula is C11H21N5O2. The van der Waals surface area contributed by atoms with Crippen molar-refractivity contribution in [2.45, 2.75) is 12.5 Å². The van der Waals surface area contributed by atoms with Gasteiger partial charge < -0.3 is 16.0 Å². The van der Waals surface area contributed by atoms with E-state index in [2.05, 4.69) is 20.4 Å². The number of nitrogens with one attached hydrogen (secondary N) is 2. The lowest BCUT2D eigenvalue weighted by Gasteiger charge is -2.43. The van der Waals surface area contributed by atoms with Gasteiger partial charge in [0.25, 0.3) is 0 Å². The molecule has 0 aromatic carbocycles. The number of hydrogen-bond acceptors (Lipinski definition) is 5. The molecule has 2 fully saturated rings. The molecule has 2 saturated heterocycles. The van der Waals surface area contributed by atoms with E-state index in [9.17, 15) is 9.59 Å². The highest BCUT2D eigenvalue weighted by Gasteiger charge is 2.27. The van der Waals surface area contributed by atoms with Crippen LogP contribution in [0.15, 0.2) is 0 Å². The number of urea groups is 1. The van der Waals surface area contributed by atoms with Crippen LogP contribution in [-0.4, -0.2) is 73.6 Å². The van der Waals surface area contributed by atoms with Gasteiger partial charge in [-0.3, -0.25) is 15.0 Å². The molecule has 0 radical (unpaired) electrons. The number of nitrogens with two attached hydrogens (primary N) is 1. The minimum atomic E-state index is -0.776. The maximum Gasteiger partial charge on any atom is 0.318 e. The Balaban J connectivity index is 1.61. The van der Waals surface area contributed by atoms with Gasteiger partial charge in [-0.15, -0.1) is 0 Å². The monoisotopic (exact) mass is 255 g/mol. The fourth-order valence-corrected chi connectivity index (χ4v) is 2.34. The van der Waals surface area contributed by atoms with Crippen LogP contribution < -0.4 is 16.4 Å². The van der Waals surface area contributed by atoms with Gasteiger partial charge in [0.1, 0.15) is 0 Å². The molecule has 7 heteroatoms. The molecule has 4 N–H and O–H groups in total. The molecule has 0 aromatic heterocycles. The van der Waals surface area contributed by atoms with E-state index in [-0.39, 0.29) is 5.91 Å². The third-order valence-corrected chi connectivity index (χ3v) is 3.60. The number of amides is 3. The summed E-state index contributed by atoms with van der Waals surface area (Å²) >= 11 is 0. The number of imide groups is 1. The second kappa shape index (κ2) is 6.12. The number of carbonyl (C=O) groups excluding carboxylic acids is 2. The van der Waals surface area contributed by atoms with Crippen molar-refractivity contribution in [3.63, 3.8) is 0 Å². The maximum atomic E-state index is 11.3. The minimum absolute atomic E-state index is 0.298. The predicted octanol–water partition coefficient (Wildman–Crippen LogP) is -1.84. The highest BCUT2D eigenvalue weighted by atomic mass is 16.2. The first-order valence-corrected chi connectivity index (χ1v) is 6.41. The number of carbonyl (C=O) groups is 2. The molecule has 0 aliphatic carbocycles. The molecule has 2 aliphatic rings. The van der Waals surface area contributed by atoms with E-state index in [1.807, 2.05) is 0 Å². The fourth-order valence-electron chi connectivity index (χ4n) is 2.34. The zero-order valence-electron chi connectivity index (χ0n) is 10.5. The van der Waals surface area contributed by atoms with Crippen LogP contribution >= 0.6 is 0 Å². The van der Waals surface area contributed by atoms with Gasteiger partial charge >= 0.3 is 6.03 Å². The summed E-state index contributed by atoms with van der Waals surface area (Å²) in [5.41, 5.74) is 4.88. The van der Waals surface area contributed by atoms with Crippen molar-refractivity contribution in [2.75, 3.05) is 45.8 Å². The van der Waals surface area contributed by atoms with Crippen molar-refractivity contribution in [3.8, 4) is 0 Å². The van der Waals surface area contributed by atoms with Gasteiger partial charge in [0, 0.05) is 58.3 Å². The van der Waals surface area contributed by atoms with Crippen LogP contribution in [0.5, 0.6) is 0 Å². The summed E-state index contributed by atoms with van der Waals surface area (Å²) in [6.45, 7) is 6.98. The average Bonchev–Trinajstić information content (AvgIpc) is 2.25. The number of nitrogens with zero attached hydrogens (tertiary/aromatic N) is 2. The quantitative estimate of drug-likeness (QED) is 0.549. The molecule has 0 saturated carbocycles. The first kappa shape index (κ1) is 13.3. The Labute approximate surface area is 107 Å². The normalized spacial score (nSPS) is 22.4. The molecule has 2 rings (SSSR count). The molecule has 18 heavy (non-hydrogen) atoms. The lowest BCUT2D eigenvalue weighted by molar-refractivity contribution is -0.120. The smallest absolute Gasteiger partial charge is 0.318 e. The van der Waals surface area contributed by atoms with E-state index in [1.165, 1.54) is 0 Å². The number of primary amides is 1. The largest absolute Gasteiger partial charge is 0.351 e. The van der Waals surface area contributed by atoms with Crippen molar-refractivity contribution >= 4 is 11.9 Å². The van der Waals surface area contributed by atoms with Crippen LogP contribution in [0.1, 0.15) is 6.42 Å². The molecule has 0 bridgehead atoms. The van der Waals surface area contributed by atoms with Crippen LogP contribution in [0.4, 0.5) is 4.79 Å². The highest BCUT2D eigenvalue weighted by Crippen LogP contribution is 2.09. The molecular weight excluding hydrogens is 234 g/mol. The van der Waals surface area contributed by atoms with Crippen molar-refractivity contribution in [1.29, 1.82) is 0 Å². The first-order chi connectivity index (χ1) is 8.65. The Morgan fingerprint density at radius 2 is 1.89 bits per heavy atom. The molecule has 0 atom stereocenters. The summed E-state index contributed by atoms with van der Waals surface area (Å²) in [4.78, 5) is 26.5. The van der Waals surface area contributed by atoms with E-state index >= 15 is 0 Å². The van der Waals surface area contributed by atoms with E-state index in [0.717, 1.165) is 39.3 Å². The Morgan fingerprint density at radius 1 is 1.22 bits per heavy atom. The summed E-state index contributed by atoms with van der Waals surface area (Å²) in [5, 5.41) is 5.36. The van der Waals surface area contributed by atoms with Gasteiger partial charge in [0.05, 0.1) is 0 Å². The number of piperazine rings is 1. The fraction of sp³-hybridized carbons (Fsp3) is 0.818. The van der Waals surface area contributed by atoms with E-state index in [4.69, 9.17) is 5.73 Å². The second-order valence-electron chi connectivity index (χ2n) is 4.85. The third kappa shape index (κ3) is 3.66. The van der Waals surface area contributed by atoms with Gasteiger partial charge in [0.2, 0.25) is 5.91 Å². The molecule has 2 aliphatic heterocycles.